The summed E-state index contributed by atoms with van der Waals surface area (Å²) < 4.78 is 12.0. The van der Waals surface area contributed by atoms with Gasteiger partial charge < -0.3 is 14.4 Å². The van der Waals surface area contributed by atoms with E-state index in [2.05, 4.69) is 67.8 Å². The van der Waals surface area contributed by atoms with Crippen LogP contribution in [0, 0.1) is 13.8 Å². The third-order valence-corrected chi connectivity index (χ3v) is 6.82. The van der Waals surface area contributed by atoms with Gasteiger partial charge in [-0.2, -0.15) is 0 Å². The minimum atomic E-state index is -0.481. The number of benzene rings is 2. The van der Waals surface area contributed by atoms with E-state index in [1.807, 2.05) is 25.7 Å². The van der Waals surface area contributed by atoms with E-state index in [0.29, 0.717) is 19.7 Å². The molecular weight excluding hydrogens is 424 g/mol. The van der Waals surface area contributed by atoms with Crippen LogP contribution in [0.5, 0.6) is 0 Å². The maximum absolute atomic E-state index is 12.6. The summed E-state index contributed by atoms with van der Waals surface area (Å²) in [6, 6.07) is 15.1. The quantitative estimate of drug-likeness (QED) is 0.560. The molecule has 0 spiro atoms. The highest BCUT2D eigenvalue weighted by Gasteiger charge is 2.44. The van der Waals surface area contributed by atoms with Crippen LogP contribution in [0.4, 0.5) is 4.79 Å². The molecule has 2 aromatic rings. The highest BCUT2D eigenvalue weighted by molar-refractivity contribution is 5.68. The SMILES string of the molecule is C=C(OCC1(N2CCN(C(=O)OC(C)(C)C)CC2)Cc2ccccc2C1)c1cc(C)cc(C)c1. The lowest BCUT2D eigenvalue weighted by Crippen LogP contribution is -2.60. The van der Waals surface area contributed by atoms with Gasteiger partial charge in [0.25, 0.3) is 0 Å². The van der Waals surface area contributed by atoms with E-state index >= 15 is 0 Å². The Morgan fingerprint density at radius 1 is 0.971 bits per heavy atom. The van der Waals surface area contributed by atoms with Crippen molar-refractivity contribution in [1.29, 1.82) is 0 Å². The number of amides is 1. The van der Waals surface area contributed by atoms with Crippen molar-refractivity contribution in [1.82, 2.24) is 9.80 Å². The summed E-state index contributed by atoms with van der Waals surface area (Å²) in [4.78, 5) is 16.9. The van der Waals surface area contributed by atoms with E-state index in [-0.39, 0.29) is 11.6 Å². The Labute approximate surface area is 204 Å². The van der Waals surface area contributed by atoms with Crippen molar-refractivity contribution in [2.75, 3.05) is 32.8 Å². The summed E-state index contributed by atoms with van der Waals surface area (Å²) in [5.41, 5.74) is 5.60. The lowest BCUT2D eigenvalue weighted by molar-refractivity contribution is -0.0165. The van der Waals surface area contributed by atoms with Crippen molar-refractivity contribution < 1.29 is 14.3 Å². The van der Waals surface area contributed by atoms with Gasteiger partial charge in [-0.15, -0.1) is 0 Å². The van der Waals surface area contributed by atoms with E-state index in [0.717, 1.165) is 37.3 Å². The summed E-state index contributed by atoms with van der Waals surface area (Å²) in [5.74, 6) is 0.717. The number of hydrogen-bond acceptors (Lipinski definition) is 4. The van der Waals surface area contributed by atoms with Crippen molar-refractivity contribution >= 4 is 11.9 Å². The number of rotatable bonds is 5. The average molecular weight is 463 g/mol. The van der Waals surface area contributed by atoms with E-state index in [1.165, 1.54) is 22.3 Å². The highest BCUT2D eigenvalue weighted by Crippen LogP contribution is 2.37. The highest BCUT2D eigenvalue weighted by atomic mass is 16.6. The molecule has 0 unspecified atom stereocenters. The van der Waals surface area contributed by atoms with Gasteiger partial charge in [0.15, 0.2) is 0 Å². The molecule has 0 aromatic heterocycles. The van der Waals surface area contributed by atoms with E-state index in [4.69, 9.17) is 9.47 Å². The summed E-state index contributed by atoms with van der Waals surface area (Å²) >= 11 is 0. The van der Waals surface area contributed by atoms with E-state index in [1.54, 1.807) is 0 Å². The van der Waals surface area contributed by atoms with Gasteiger partial charge in [0.1, 0.15) is 18.0 Å². The monoisotopic (exact) mass is 462 g/mol. The van der Waals surface area contributed by atoms with Gasteiger partial charge in [0, 0.05) is 31.7 Å². The number of piperazine rings is 1. The number of carbonyl (C=O) groups is 1. The Kier molecular flexibility index (Phi) is 6.77. The lowest BCUT2D eigenvalue weighted by atomic mass is 9.93. The molecule has 1 heterocycles. The van der Waals surface area contributed by atoms with Crippen LogP contribution in [0.15, 0.2) is 49.0 Å². The lowest BCUT2D eigenvalue weighted by Gasteiger charge is -2.45. The van der Waals surface area contributed by atoms with E-state index in [9.17, 15) is 4.79 Å². The molecule has 182 valence electrons. The first kappa shape index (κ1) is 24.3. The van der Waals surface area contributed by atoms with Crippen molar-refractivity contribution in [3.8, 4) is 0 Å². The van der Waals surface area contributed by atoms with Crippen LogP contribution in [0.1, 0.15) is 48.6 Å². The number of aryl methyl sites for hydroxylation is 2. The standard InChI is InChI=1S/C29H38N2O3/c1-21-15-22(2)17-26(16-21)23(3)33-20-29(18-24-9-7-8-10-25(24)19-29)31-13-11-30(12-14-31)27(32)34-28(4,5)6/h7-10,15-17H,3,11-14,18-20H2,1-2,4-6H3. The van der Waals surface area contributed by atoms with Crippen LogP contribution in [-0.4, -0.2) is 59.8 Å². The van der Waals surface area contributed by atoms with Crippen molar-refractivity contribution in [2.45, 2.75) is 58.6 Å². The number of ether oxygens (including phenoxy) is 2. The molecule has 34 heavy (non-hydrogen) atoms. The summed E-state index contributed by atoms with van der Waals surface area (Å²) in [6.45, 7) is 17.7. The zero-order valence-electron chi connectivity index (χ0n) is 21.3. The molecule has 1 aliphatic carbocycles. The first-order chi connectivity index (χ1) is 16.0. The normalized spacial score (nSPS) is 17.9. The van der Waals surface area contributed by atoms with Crippen molar-refractivity contribution in [2.24, 2.45) is 0 Å². The Morgan fingerprint density at radius 3 is 2.06 bits per heavy atom. The van der Waals surface area contributed by atoms with Crippen LogP contribution in [-0.2, 0) is 22.3 Å². The number of nitrogens with zero attached hydrogens (tertiary/aromatic N) is 2. The zero-order valence-corrected chi connectivity index (χ0v) is 21.3. The third kappa shape index (κ3) is 5.47. The second-order valence-corrected chi connectivity index (χ2v) is 10.9. The molecule has 0 N–H and O–H groups in total. The maximum atomic E-state index is 12.6. The fourth-order valence-corrected chi connectivity index (χ4v) is 5.22. The number of fused-ring (bicyclic) bond motifs is 1. The second kappa shape index (κ2) is 9.46. The molecule has 4 rings (SSSR count). The first-order valence-electron chi connectivity index (χ1n) is 12.2. The molecule has 0 radical (unpaired) electrons. The van der Waals surface area contributed by atoms with E-state index < -0.39 is 5.60 Å². The molecule has 1 saturated heterocycles. The number of hydrogen-bond donors (Lipinski definition) is 0. The molecular formula is C29H38N2O3. The molecule has 0 bridgehead atoms. The van der Waals surface area contributed by atoms with Gasteiger partial charge in [-0.25, -0.2) is 4.79 Å². The molecule has 2 aromatic carbocycles. The van der Waals surface area contributed by atoms with Crippen molar-refractivity contribution in [3.05, 3.63) is 76.9 Å². The van der Waals surface area contributed by atoms with Gasteiger partial charge in [-0.05, 0) is 70.7 Å². The Balaban J connectivity index is 1.48. The van der Waals surface area contributed by atoms with Gasteiger partial charge in [-0.3, -0.25) is 4.90 Å². The fourth-order valence-electron chi connectivity index (χ4n) is 5.22. The average Bonchev–Trinajstić information content (AvgIpc) is 3.15. The molecule has 0 atom stereocenters. The van der Waals surface area contributed by atoms with Gasteiger partial charge in [0.05, 0.1) is 5.54 Å². The predicted molar refractivity (Wildman–Crippen MR) is 137 cm³/mol. The van der Waals surface area contributed by atoms with Crippen LogP contribution in [0.25, 0.3) is 5.76 Å². The molecule has 0 saturated carbocycles. The van der Waals surface area contributed by atoms with Gasteiger partial charge in [0.2, 0.25) is 0 Å². The second-order valence-electron chi connectivity index (χ2n) is 10.9. The van der Waals surface area contributed by atoms with Gasteiger partial charge in [-0.1, -0.05) is 48.0 Å². The number of carbonyl (C=O) groups excluding carboxylic acids is 1. The summed E-state index contributed by atoms with van der Waals surface area (Å²) in [7, 11) is 0. The van der Waals surface area contributed by atoms with Gasteiger partial charge >= 0.3 is 6.09 Å². The van der Waals surface area contributed by atoms with Crippen molar-refractivity contribution in [3.63, 3.8) is 0 Å². The first-order valence-corrected chi connectivity index (χ1v) is 12.2. The maximum Gasteiger partial charge on any atom is 0.410 e. The summed E-state index contributed by atoms with van der Waals surface area (Å²) in [6.07, 6.45) is 1.65. The Bertz CT molecular complexity index is 1020. The van der Waals surface area contributed by atoms with Crippen LogP contribution < -0.4 is 0 Å². The summed E-state index contributed by atoms with van der Waals surface area (Å²) in [5, 5.41) is 0. The molecule has 5 heteroatoms. The molecule has 1 amide bonds. The van der Waals surface area contributed by atoms with Crippen LogP contribution >= 0.6 is 0 Å². The molecule has 5 nitrogen and oxygen atoms in total. The third-order valence-electron chi connectivity index (χ3n) is 6.82. The predicted octanol–water partition coefficient (Wildman–Crippen LogP) is 5.38. The Morgan fingerprint density at radius 2 is 1.53 bits per heavy atom. The topological polar surface area (TPSA) is 42.0 Å². The van der Waals surface area contributed by atoms with Crippen LogP contribution in [0.3, 0.4) is 0 Å². The smallest absolute Gasteiger partial charge is 0.410 e. The molecule has 1 aliphatic heterocycles. The minimum absolute atomic E-state index is 0.147. The fraction of sp³-hybridized carbons (Fsp3) is 0.483. The van der Waals surface area contributed by atoms with Crippen LogP contribution in [0.2, 0.25) is 0 Å². The Hall–Kier alpha value is -2.79. The largest absolute Gasteiger partial charge is 0.492 e. The molecule has 2 aliphatic rings. The molecule has 1 fully saturated rings. The zero-order chi connectivity index (χ0) is 24.5. The minimum Gasteiger partial charge on any atom is -0.492 e.